The fourth-order valence-electron chi connectivity index (χ4n) is 7.06. The lowest BCUT2D eigenvalue weighted by molar-refractivity contribution is -0.128. The van der Waals surface area contributed by atoms with Gasteiger partial charge in [-0.3, -0.25) is 14.5 Å². The van der Waals surface area contributed by atoms with Crippen molar-refractivity contribution in [3.05, 3.63) is 66.0 Å². The van der Waals surface area contributed by atoms with Gasteiger partial charge in [0.25, 0.3) is 0 Å². The molecule has 1 unspecified atom stereocenters. The zero-order valence-electron chi connectivity index (χ0n) is 21.8. The van der Waals surface area contributed by atoms with Crippen LogP contribution in [0.15, 0.2) is 54.6 Å². The Balaban J connectivity index is 1.14. The molecule has 1 aromatic heterocycles. The van der Waals surface area contributed by atoms with Crippen molar-refractivity contribution >= 4 is 22.8 Å². The van der Waals surface area contributed by atoms with Gasteiger partial charge >= 0.3 is 0 Å². The molecule has 3 saturated heterocycles. The second-order valence-electron chi connectivity index (χ2n) is 11.2. The molecule has 3 fully saturated rings. The van der Waals surface area contributed by atoms with Gasteiger partial charge < -0.3 is 14.8 Å². The standard InChI is InChI=1S/C30H37N5O2/c1-20-31-27-10-6-7-11-28(27)35(20)25-17-23-12-13-24(18-25)34(23)15-14-26(21-8-4-3-5-9-21)32-30(37)22-16-29(36)33(2)19-22/h3-11,22-26H,12-19H2,1-2H3,(H,32,37)/t22?,23-,24+,25+,26-/m0/s1. The number of piperidine rings is 1. The summed E-state index contributed by atoms with van der Waals surface area (Å²) in [6, 6.07) is 20.4. The fraction of sp³-hybridized carbons (Fsp3) is 0.500. The number of hydrogen-bond acceptors (Lipinski definition) is 4. The van der Waals surface area contributed by atoms with Crippen molar-refractivity contribution in [3.8, 4) is 0 Å². The smallest absolute Gasteiger partial charge is 0.225 e. The number of hydrogen-bond donors (Lipinski definition) is 1. The minimum atomic E-state index is -0.260. The summed E-state index contributed by atoms with van der Waals surface area (Å²) in [5.74, 6) is 0.901. The molecular weight excluding hydrogens is 462 g/mol. The van der Waals surface area contributed by atoms with E-state index in [9.17, 15) is 9.59 Å². The van der Waals surface area contributed by atoms with E-state index in [1.807, 2.05) is 18.2 Å². The van der Waals surface area contributed by atoms with Gasteiger partial charge in [-0.2, -0.15) is 0 Å². The van der Waals surface area contributed by atoms with Gasteiger partial charge in [-0.15, -0.1) is 0 Å². The summed E-state index contributed by atoms with van der Waals surface area (Å²) >= 11 is 0. The predicted molar refractivity (Wildman–Crippen MR) is 144 cm³/mol. The topological polar surface area (TPSA) is 70.5 Å². The zero-order valence-corrected chi connectivity index (χ0v) is 21.8. The van der Waals surface area contributed by atoms with Gasteiger partial charge in [0.15, 0.2) is 0 Å². The number of amides is 2. The van der Waals surface area contributed by atoms with Gasteiger partial charge in [-0.1, -0.05) is 42.5 Å². The summed E-state index contributed by atoms with van der Waals surface area (Å²) in [6.45, 7) is 3.61. The number of aromatic nitrogens is 2. The SMILES string of the molecule is Cc1nc2ccccc2n1[C@H]1C[C@H]2CC[C@@H](C1)N2CC[C@H](NC(=O)C1CC(=O)N(C)C1)c1ccccc1. The third-order valence-corrected chi connectivity index (χ3v) is 8.90. The molecule has 2 amide bonds. The van der Waals surface area contributed by atoms with Crippen molar-refractivity contribution in [1.29, 1.82) is 0 Å². The predicted octanol–water partition coefficient (Wildman–Crippen LogP) is 4.24. The quantitative estimate of drug-likeness (QED) is 0.528. The number of imidazole rings is 1. The highest BCUT2D eigenvalue weighted by Gasteiger charge is 2.42. The van der Waals surface area contributed by atoms with Crippen LogP contribution in [0, 0.1) is 12.8 Å². The number of benzene rings is 2. The minimum Gasteiger partial charge on any atom is -0.349 e. The van der Waals surface area contributed by atoms with Gasteiger partial charge in [-0.05, 0) is 56.7 Å². The number of carbonyl (C=O) groups excluding carboxylic acids is 2. The van der Waals surface area contributed by atoms with E-state index < -0.39 is 0 Å². The molecule has 194 valence electrons. The molecule has 2 bridgehead atoms. The second kappa shape index (κ2) is 9.93. The van der Waals surface area contributed by atoms with Crippen LogP contribution in [-0.4, -0.2) is 63.4 Å². The molecule has 1 N–H and O–H groups in total. The first-order chi connectivity index (χ1) is 18.0. The van der Waals surface area contributed by atoms with E-state index in [2.05, 4.69) is 58.1 Å². The fourth-order valence-corrected chi connectivity index (χ4v) is 7.06. The molecule has 37 heavy (non-hydrogen) atoms. The molecule has 7 heteroatoms. The highest BCUT2D eigenvalue weighted by atomic mass is 16.2. The Labute approximate surface area is 218 Å². The van der Waals surface area contributed by atoms with Crippen molar-refractivity contribution < 1.29 is 9.59 Å². The van der Waals surface area contributed by atoms with Gasteiger partial charge in [0.1, 0.15) is 5.82 Å². The number of rotatable bonds is 7. The maximum atomic E-state index is 13.1. The van der Waals surface area contributed by atoms with Crippen LogP contribution < -0.4 is 5.32 Å². The third kappa shape index (κ3) is 4.65. The Morgan fingerprint density at radius 3 is 2.43 bits per heavy atom. The van der Waals surface area contributed by atoms with Crippen LogP contribution in [-0.2, 0) is 9.59 Å². The van der Waals surface area contributed by atoms with Crippen LogP contribution in [0.5, 0.6) is 0 Å². The molecule has 4 heterocycles. The Kier molecular flexibility index (Phi) is 6.49. The number of likely N-dealkylation sites (tertiary alicyclic amines) is 1. The summed E-state index contributed by atoms with van der Waals surface area (Å²) in [5, 5.41) is 3.31. The van der Waals surface area contributed by atoms with E-state index in [4.69, 9.17) is 4.98 Å². The normalized spacial score (nSPS) is 26.6. The lowest BCUT2D eigenvalue weighted by atomic mass is 9.95. The molecule has 0 saturated carbocycles. The second-order valence-corrected chi connectivity index (χ2v) is 11.2. The maximum Gasteiger partial charge on any atom is 0.225 e. The lowest BCUT2D eigenvalue weighted by Crippen LogP contribution is -2.45. The Morgan fingerprint density at radius 1 is 1.03 bits per heavy atom. The number of para-hydroxylation sites is 2. The Bertz CT molecular complexity index is 1270. The summed E-state index contributed by atoms with van der Waals surface area (Å²) in [5.41, 5.74) is 3.48. The Morgan fingerprint density at radius 2 is 1.73 bits per heavy atom. The molecule has 3 aliphatic rings. The van der Waals surface area contributed by atoms with E-state index in [0.717, 1.165) is 42.7 Å². The molecule has 3 aliphatic heterocycles. The number of fused-ring (bicyclic) bond motifs is 3. The molecular formula is C30H37N5O2. The molecule has 0 spiro atoms. The van der Waals surface area contributed by atoms with Crippen molar-refractivity contribution in [2.75, 3.05) is 20.1 Å². The Hall–Kier alpha value is -3.19. The molecule has 6 rings (SSSR count). The van der Waals surface area contributed by atoms with Gasteiger partial charge in [0, 0.05) is 44.7 Å². The molecule has 7 nitrogen and oxygen atoms in total. The number of aryl methyl sites for hydroxylation is 1. The van der Waals surface area contributed by atoms with E-state index in [-0.39, 0.29) is 23.8 Å². The average Bonchev–Trinajstić information content (AvgIpc) is 3.50. The highest BCUT2D eigenvalue weighted by Crippen LogP contribution is 2.42. The van der Waals surface area contributed by atoms with Crippen LogP contribution in [0.4, 0.5) is 0 Å². The van der Waals surface area contributed by atoms with Crippen LogP contribution >= 0.6 is 0 Å². The lowest BCUT2D eigenvalue weighted by Gasteiger charge is -2.40. The number of nitrogens with zero attached hydrogens (tertiary/aromatic N) is 4. The van der Waals surface area contributed by atoms with Gasteiger partial charge in [0.05, 0.1) is 23.0 Å². The van der Waals surface area contributed by atoms with Crippen LogP contribution in [0.2, 0.25) is 0 Å². The van der Waals surface area contributed by atoms with Crippen molar-refractivity contribution in [3.63, 3.8) is 0 Å². The molecule has 0 radical (unpaired) electrons. The summed E-state index contributed by atoms with van der Waals surface area (Å²) in [6.07, 6.45) is 5.96. The van der Waals surface area contributed by atoms with E-state index >= 15 is 0 Å². The molecule has 0 aliphatic carbocycles. The zero-order chi connectivity index (χ0) is 25.5. The van der Waals surface area contributed by atoms with Crippen molar-refractivity contribution in [2.45, 2.75) is 69.6 Å². The number of nitrogens with one attached hydrogen (secondary N) is 1. The highest BCUT2D eigenvalue weighted by molar-refractivity contribution is 5.89. The third-order valence-electron chi connectivity index (χ3n) is 8.90. The maximum absolute atomic E-state index is 13.1. The van der Waals surface area contributed by atoms with E-state index in [1.54, 1.807) is 11.9 Å². The first kappa shape index (κ1) is 24.2. The van der Waals surface area contributed by atoms with E-state index in [0.29, 0.717) is 31.1 Å². The van der Waals surface area contributed by atoms with Crippen LogP contribution in [0.3, 0.4) is 0 Å². The summed E-state index contributed by atoms with van der Waals surface area (Å²) < 4.78 is 2.48. The van der Waals surface area contributed by atoms with Gasteiger partial charge in [-0.25, -0.2) is 4.98 Å². The molecule has 3 aromatic rings. The first-order valence-electron chi connectivity index (χ1n) is 13.8. The largest absolute Gasteiger partial charge is 0.349 e. The van der Waals surface area contributed by atoms with E-state index in [1.165, 1.54) is 18.4 Å². The van der Waals surface area contributed by atoms with Crippen molar-refractivity contribution in [1.82, 2.24) is 24.7 Å². The van der Waals surface area contributed by atoms with Gasteiger partial charge in [0.2, 0.25) is 11.8 Å². The molecule has 2 aromatic carbocycles. The first-order valence-corrected chi connectivity index (χ1v) is 13.8. The minimum absolute atomic E-state index is 0.00399. The number of carbonyl (C=O) groups is 2. The monoisotopic (exact) mass is 499 g/mol. The van der Waals surface area contributed by atoms with Crippen molar-refractivity contribution in [2.24, 2.45) is 5.92 Å². The summed E-state index contributed by atoms with van der Waals surface area (Å²) in [4.78, 5) is 34.3. The van der Waals surface area contributed by atoms with Crippen LogP contribution in [0.25, 0.3) is 11.0 Å². The summed E-state index contributed by atoms with van der Waals surface area (Å²) in [7, 11) is 1.78. The average molecular weight is 500 g/mol. The molecule has 5 atom stereocenters. The van der Waals surface area contributed by atoms with Crippen LogP contribution in [0.1, 0.15) is 62.0 Å².